The van der Waals surface area contributed by atoms with Crippen LogP contribution in [0.3, 0.4) is 0 Å². The van der Waals surface area contributed by atoms with Crippen molar-refractivity contribution in [3.05, 3.63) is 50.3 Å². The van der Waals surface area contributed by atoms with Crippen LogP contribution in [0.25, 0.3) is 11.3 Å². The van der Waals surface area contributed by atoms with E-state index in [1.165, 1.54) is 4.88 Å². The third-order valence-corrected chi connectivity index (χ3v) is 5.79. The first-order valence-electron chi connectivity index (χ1n) is 8.92. The first-order valence-corrected chi connectivity index (χ1v) is 10.6. The number of thiazole rings is 1. The predicted molar refractivity (Wildman–Crippen MR) is 115 cm³/mol. The Labute approximate surface area is 170 Å². The molecule has 0 atom stereocenters. The number of benzene rings is 1. The maximum atomic E-state index is 11.7. The van der Waals surface area contributed by atoms with Crippen molar-refractivity contribution in [3.8, 4) is 17.0 Å². The number of anilines is 1. The molecule has 0 bridgehead atoms. The highest BCUT2D eigenvalue weighted by molar-refractivity contribution is 7.13. The molecule has 3 heterocycles. The summed E-state index contributed by atoms with van der Waals surface area (Å²) in [4.78, 5) is 19.5. The van der Waals surface area contributed by atoms with Crippen LogP contribution in [-0.4, -0.2) is 29.4 Å². The van der Waals surface area contributed by atoms with E-state index in [9.17, 15) is 4.79 Å². The van der Waals surface area contributed by atoms with E-state index in [0.29, 0.717) is 11.4 Å². The topological polar surface area (TPSA) is 68.0 Å². The van der Waals surface area contributed by atoms with Gasteiger partial charge in [0.05, 0.1) is 17.6 Å². The Morgan fingerprint density at radius 3 is 2.89 bits per heavy atom. The first kappa shape index (κ1) is 18.6. The standard InChI is InChI=1S/C20H20N4O2S2/c1-12(2)22-20-24(21-9-15-6-4-13(3)28-15)17(11-27-20)14-5-7-18-16(8-14)23-19(25)10-26-18/h4-9,11-12H,10H2,1-3H3,(H,23,25). The molecule has 3 aromatic rings. The summed E-state index contributed by atoms with van der Waals surface area (Å²) >= 11 is 3.24. The Kier molecular flexibility index (Phi) is 5.15. The van der Waals surface area contributed by atoms with Crippen LogP contribution in [0, 0.1) is 6.92 Å². The van der Waals surface area contributed by atoms with Gasteiger partial charge in [0.1, 0.15) is 5.75 Å². The molecule has 0 saturated heterocycles. The summed E-state index contributed by atoms with van der Waals surface area (Å²) in [6.07, 6.45) is 1.86. The summed E-state index contributed by atoms with van der Waals surface area (Å²) in [7, 11) is 0. The van der Waals surface area contributed by atoms with Crippen molar-refractivity contribution in [3.63, 3.8) is 0 Å². The smallest absolute Gasteiger partial charge is 0.262 e. The van der Waals surface area contributed by atoms with Crippen molar-refractivity contribution in [1.82, 2.24) is 4.68 Å². The average Bonchev–Trinajstić information content (AvgIpc) is 3.24. The van der Waals surface area contributed by atoms with Crippen LogP contribution in [0.2, 0.25) is 0 Å². The lowest BCUT2D eigenvalue weighted by Crippen LogP contribution is -2.25. The van der Waals surface area contributed by atoms with Crippen molar-refractivity contribution in [2.45, 2.75) is 26.8 Å². The van der Waals surface area contributed by atoms with E-state index in [4.69, 9.17) is 14.8 Å². The minimum Gasteiger partial charge on any atom is -0.482 e. The lowest BCUT2D eigenvalue weighted by molar-refractivity contribution is -0.118. The van der Waals surface area contributed by atoms with Crippen molar-refractivity contribution in [2.24, 2.45) is 10.1 Å². The zero-order valence-electron chi connectivity index (χ0n) is 15.8. The van der Waals surface area contributed by atoms with Gasteiger partial charge in [-0.25, -0.2) is 4.68 Å². The van der Waals surface area contributed by atoms with E-state index in [-0.39, 0.29) is 18.6 Å². The number of nitrogens with one attached hydrogen (secondary N) is 1. The Balaban J connectivity index is 1.79. The predicted octanol–water partition coefficient (Wildman–Crippen LogP) is 4.11. The fourth-order valence-corrected chi connectivity index (χ4v) is 4.51. The number of rotatable bonds is 4. The summed E-state index contributed by atoms with van der Waals surface area (Å²) in [5.74, 6) is 0.527. The second-order valence-electron chi connectivity index (χ2n) is 6.68. The molecule has 1 aliphatic heterocycles. The Hall–Kier alpha value is -2.71. The zero-order valence-corrected chi connectivity index (χ0v) is 17.4. The highest BCUT2D eigenvalue weighted by Crippen LogP contribution is 2.32. The molecule has 0 fully saturated rings. The molecule has 2 aromatic heterocycles. The first-order chi connectivity index (χ1) is 13.5. The number of amides is 1. The Bertz CT molecular complexity index is 1120. The third kappa shape index (κ3) is 3.93. The van der Waals surface area contributed by atoms with Crippen LogP contribution < -0.4 is 14.9 Å². The lowest BCUT2D eigenvalue weighted by atomic mass is 10.1. The van der Waals surface area contributed by atoms with Gasteiger partial charge in [-0.05, 0) is 51.1 Å². The summed E-state index contributed by atoms with van der Waals surface area (Å²) in [5, 5.41) is 9.60. The van der Waals surface area contributed by atoms with Crippen LogP contribution >= 0.6 is 22.7 Å². The largest absolute Gasteiger partial charge is 0.482 e. The zero-order chi connectivity index (χ0) is 19.7. The van der Waals surface area contributed by atoms with Gasteiger partial charge in [0.15, 0.2) is 6.61 Å². The molecule has 144 valence electrons. The van der Waals surface area contributed by atoms with E-state index in [0.717, 1.165) is 20.9 Å². The summed E-state index contributed by atoms with van der Waals surface area (Å²) in [6.45, 7) is 6.21. The molecule has 1 N–H and O–H groups in total. The minimum atomic E-state index is -0.149. The number of nitrogens with zero attached hydrogens (tertiary/aromatic N) is 3. The van der Waals surface area contributed by atoms with Crippen LogP contribution in [0.1, 0.15) is 23.6 Å². The lowest BCUT2D eigenvalue weighted by Gasteiger charge is -2.18. The number of thiophene rings is 1. The SMILES string of the molecule is Cc1ccc(C=Nn2c(-c3ccc4c(c3)NC(=O)CO4)csc2=NC(C)C)s1. The molecule has 0 unspecified atom stereocenters. The molecular weight excluding hydrogens is 392 g/mol. The monoisotopic (exact) mass is 412 g/mol. The molecule has 0 aliphatic carbocycles. The second-order valence-corrected chi connectivity index (χ2v) is 8.83. The van der Waals surface area contributed by atoms with Crippen molar-refractivity contribution >= 4 is 40.5 Å². The molecule has 1 aliphatic rings. The summed E-state index contributed by atoms with van der Waals surface area (Å²) in [5.41, 5.74) is 2.52. The van der Waals surface area contributed by atoms with Crippen LogP contribution in [0.5, 0.6) is 5.75 Å². The van der Waals surface area contributed by atoms with Gasteiger partial charge in [0.2, 0.25) is 4.80 Å². The van der Waals surface area contributed by atoms with Gasteiger partial charge in [-0.2, -0.15) is 5.10 Å². The fraction of sp³-hybridized carbons (Fsp3) is 0.250. The molecule has 28 heavy (non-hydrogen) atoms. The van der Waals surface area contributed by atoms with Gasteiger partial charge < -0.3 is 10.1 Å². The van der Waals surface area contributed by atoms with Crippen LogP contribution in [0.4, 0.5) is 5.69 Å². The average molecular weight is 413 g/mol. The number of carbonyl (C=O) groups excluding carboxylic acids is 1. The minimum absolute atomic E-state index is 0.0484. The van der Waals surface area contributed by atoms with Crippen molar-refractivity contribution in [2.75, 3.05) is 11.9 Å². The maximum absolute atomic E-state index is 11.7. The Morgan fingerprint density at radius 1 is 1.29 bits per heavy atom. The quantitative estimate of drug-likeness (QED) is 0.655. The molecular formula is C20H20N4O2S2. The molecule has 0 spiro atoms. The molecule has 1 aromatic carbocycles. The summed E-state index contributed by atoms with van der Waals surface area (Å²) < 4.78 is 7.31. The number of hydrogen-bond acceptors (Lipinski definition) is 6. The molecule has 0 radical (unpaired) electrons. The summed E-state index contributed by atoms with van der Waals surface area (Å²) in [6, 6.07) is 10.1. The van der Waals surface area contributed by atoms with Gasteiger partial charge in [-0.1, -0.05) is 0 Å². The van der Waals surface area contributed by atoms with Gasteiger partial charge in [-0.3, -0.25) is 9.79 Å². The Morgan fingerprint density at radius 2 is 2.14 bits per heavy atom. The van der Waals surface area contributed by atoms with E-state index < -0.39 is 0 Å². The molecule has 8 heteroatoms. The highest BCUT2D eigenvalue weighted by Gasteiger charge is 2.17. The van der Waals surface area contributed by atoms with Gasteiger partial charge in [0.25, 0.3) is 5.91 Å². The van der Waals surface area contributed by atoms with Gasteiger partial charge >= 0.3 is 0 Å². The molecule has 1 amide bonds. The molecule has 4 rings (SSSR count). The van der Waals surface area contributed by atoms with E-state index in [2.05, 4.69) is 24.4 Å². The van der Waals surface area contributed by atoms with Gasteiger partial charge in [0, 0.05) is 26.7 Å². The number of aryl methyl sites for hydroxylation is 1. The molecule has 0 saturated carbocycles. The maximum Gasteiger partial charge on any atom is 0.262 e. The van der Waals surface area contributed by atoms with Crippen molar-refractivity contribution < 1.29 is 9.53 Å². The third-order valence-electron chi connectivity index (χ3n) is 4.02. The highest BCUT2D eigenvalue weighted by atomic mass is 32.1. The number of ether oxygens (including phenoxy) is 1. The number of aromatic nitrogens is 1. The normalized spacial score (nSPS) is 14.4. The van der Waals surface area contributed by atoms with E-state index in [1.54, 1.807) is 22.7 Å². The van der Waals surface area contributed by atoms with E-state index >= 15 is 0 Å². The van der Waals surface area contributed by atoms with Crippen LogP contribution in [0.15, 0.2) is 45.8 Å². The van der Waals surface area contributed by atoms with Crippen LogP contribution in [-0.2, 0) is 4.79 Å². The molecule has 6 nitrogen and oxygen atoms in total. The van der Waals surface area contributed by atoms with Gasteiger partial charge in [-0.15, -0.1) is 22.7 Å². The fourth-order valence-electron chi connectivity index (χ4n) is 2.80. The van der Waals surface area contributed by atoms with Crippen molar-refractivity contribution in [1.29, 1.82) is 0 Å². The number of hydrogen-bond donors (Lipinski definition) is 1. The van der Waals surface area contributed by atoms with E-state index in [1.807, 2.05) is 48.3 Å². The number of carbonyl (C=O) groups is 1. The number of fused-ring (bicyclic) bond motifs is 1. The second kappa shape index (κ2) is 7.73.